The lowest BCUT2D eigenvalue weighted by molar-refractivity contribution is 0.345. The molecule has 0 heterocycles. The summed E-state index contributed by atoms with van der Waals surface area (Å²) in [5.74, 6) is 0.943. The third-order valence-corrected chi connectivity index (χ3v) is 3.83. The molecule has 0 radical (unpaired) electrons. The van der Waals surface area contributed by atoms with E-state index in [1.807, 2.05) is 12.1 Å². The predicted molar refractivity (Wildman–Crippen MR) is 97.4 cm³/mol. The molecule has 0 aromatic heterocycles. The Hall–Kier alpha value is -0.760. The number of alkyl halides is 1. The molecule has 1 aromatic carbocycles. The standard InChI is InChI=1S/C19H29BrO/c1-2-3-4-5-6-7-8-9-10-11-18-12-14-19(15-13-18)21-17-16-20/h10-15H,2-9,16-17H2,1H3/b11-10-. The predicted octanol–water partition coefficient (Wildman–Crippen LogP) is 6.61. The summed E-state index contributed by atoms with van der Waals surface area (Å²) in [7, 11) is 0. The zero-order valence-corrected chi connectivity index (χ0v) is 14.9. The summed E-state index contributed by atoms with van der Waals surface area (Å²) in [6.45, 7) is 2.98. The van der Waals surface area contributed by atoms with Crippen LogP contribution in [0, 0.1) is 0 Å². The highest BCUT2D eigenvalue weighted by Gasteiger charge is 1.93. The van der Waals surface area contributed by atoms with Gasteiger partial charge in [-0.15, -0.1) is 0 Å². The number of benzene rings is 1. The summed E-state index contributed by atoms with van der Waals surface area (Å²) in [4.78, 5) is 0. The molecular weight excluding hydrogens is 324 g/mol. The largest absolute Gasteiger partial charge is 0.493 e. The van der Waals surface area contributed by atoms with Gasteiger partial charge in [-0.05, 0) is 30.5 Å². The minimum absolute atomic E-state index is 0.716. The Bertz CT molecular complexity index is 370. The third kappa shape index (κ3) is 9.73. The van der Waals surface area contributed by atoms with Crippen molar-refractivity contribution >= 4 is 22.0 Å². The normalized spacial score (nSPS) is 11.1. The van der Waals surface area contributed by atoms with Crippen LogP contribution in [0.5, 0.6) is 5.75 Å². The highest BCUT2D eigenvalue weighted by Crippen LogP contribution is 2.14. The molecule has 21 heavy (non-hydrogen) atoms. The molecule has 0 aliphatic carbocycles. The molecular formula is C19H29BrO. The number of rotatable bonds is 12. The minimum Gasteiger partial charge on any atom is -0.493 e. The van der Waals surface area contributed by atoms with Crippen LogP contribution < -0.4 is 4.74 Å². The van der Waals surface area contributed by atoms with Crippen molar-refractivity contribution in [1.29, 1.82) is 0 Å². The summed E-state index contributed by atoms with van der Waals surface area (Å²) >= 11 is 3.36. The van der Waals surface area contributed by atoms with E-state index in [0.29, 0.717) is 6.61 Å². The van der Waals surface area contributed by atoms with E-state index in [1.165, 1.54) is 56.9 Å². The maximum Gasteiger partial charge on any atom is 0.119 e. The molecule has 0 N–H and O–H groups in total. The van der Waals surface area contributed by atoms with Gasteiger partial charge < -0.3 is 4.74 Å². The summed E-state index contributed by atoms with van der Waals surface area (Å²) in [6.07, 6.45) is 15.3. The molecule has 0 aliphatic rings. The van der Waals surface area contributed by atoms with Gasteiger partial charge in [-0.3, -0.25) is 0 Å². The lowest BCUT2D eigenvalue weighted by atomic mass is 10.1. The van der Waals surface area contributed by atoms with Crippen LogP contribution in [0.25, 0.3) is 6.08 Å². The van der Waals surface area contributed by atoms with Crippen LogP contribution in [0.4, 0.5) is 0 Å². The van der Waals surface area contributed by atoms with Crippen LogP contribution in [0.15, 0.2) is 30.3 Å². The molecule has 0 fully saturated rings. The van der Waals surface area contributed by atoms with E-state index in [0.717, 1.165) is 11.1 Å². The summed E-state index contributed by atoms with van der Waals surface area (Å²) in [6, 6.07) is 8.31. The Kier molecular flexibility index (Phi) is 11.3. The van der Waals surface area contributed by atoms with Crippen molar-refractivity contribution in [2.45, 2.75) is 58.3 Å². The molecule has 118 valence electrons. The summed E-state index contributed by atoms with van der Waals surface area (Å²) in [5.41, 5.74) is 1.25. The first-order chi connectivity index (χ1) is 10.4. The van der Waals surface area contributed by atoms with Crippen LogP contribution in [0.2, 0.25) is 0 Å². The molecule has 2 heteroatoms. The van der Waals surface area contributed by atoms with Gasteiger partial charge >= 0.3 is 0 Å². The van der Waals surface area contributed by atoms with Crippen molar-refractivity contribution in [2.24, 2.45) is 0 Å². The van der Waals surface area contributed by atoms with Gasteiger partial charge in [-0.2, -0.15) is 0 Å². The van der Waals surface area contributed by atoms with Crippen molar-refractivity contribution in [3.05, 3.63) is 35.9 Å². The monoisotopic (exact) mass is 352 g/mol. The third-order valence-electron chi connectivity index (χ3n) is 3.51. The van der Waals surface area contributed by atoms with E-state index in [-0.39, 0.29) is 0 Å². The van der Waals surface area contributed by atoms with Crippen LogP contribution in [-0.4, -0.2) is 11.9 Å². The van der Waals surface area contributed by atoms with Gasteiger partial charge in [0.05, 0.1) is 6.61 Å². The molecule has 1 aromatic rings. The van der Waals surface area contributed by atoms with E-state index in [9.17, 15) is 0 Å². The first-order valence-electron chi connectivity index (χ1n) is 8.32. The van der Waals surface area contributed by atoms with Gasteiger partial charge in [-0.25, -0.2) is 0 Å². The second-order valence-electron chi connectivity index (χ2n) is 5.42. The van der Waals surface area contributed by atoms with Crippen molar-refractivity contribution in [3.63, 3.8) is 0 Å². The molecule has 1 rings (SSSR count). The maximum absolute atomic E-state index is 5.54. The Morgan fingerprint density at radius 1 is 0.952 bits per heavy atom. The Morgan fingerprint density at radius 3 is 2.29 bits per heavy atom. The fraction of sp³-hybridized carbons (Fsp3) is 0.579. The van der Waals surface area contributed by atoms with Crippen molar-refractivity contribution in [2.75, 3.05) is 11.9 Å². The topological polar surface area (TPSA) is 9.23 Å². The second-order valence-corrected chi connectivity index (χ2v) is 6.21. The van der Waals surface area contributed by atoms with Crippen LogP contribution in [0.3, 0.4) is 0 Å². The molecule has 0 saturated heterocycles. The average Bonchev–Trinajstić information content (AvgIpc) is 2.52. The second kappa shape index (κ2) is 12.9. The molecule has 0 amide bonds. The average molecular weight is 353 g/mol. The van der Waals surface area contributed by atoms with E-state index >= 15 is 0 Å². The number of halogens is 1. The Morgan fingerprint density at radius 2 is 1.62 bits per heavy atom. The number of hydrogen-bond donors (Lipinski definition) is 0. The number of hydrogen-bond acceptors (Lipinski definition) is 1. The molecule has 0 spiro atoms. The molecule has 0 atom stereocenters. The number of ether oxygens (including phenoxy) is 1. The van der Waals surface area contributed by atoms with Crippen molar-refractivity contribution in [1.82, 2.24) is 0 Å². The van der Waals surface area contributed by atoms with Crippen molar-refractivity contribution < 1.29 is 4.74 Å². The highest BCUT2D eigenvalue weighted by atomic mass is 79.9. The first-order valence-corrected chi connectivity index (χ1v) is 9.44. The van der Waals surface area contributed by atoms with Gasteiger partial charge in [-0.1, -0.05) is 85.7 Å². The van der Waals surface area contributed by atoms with Crippen LogP contribution in [0.1, 0.15) is 63.9 Å². The molecule has 0 bridgehead atoms. The van der Waals surface area contributed by atoms with E-state index < -0.39 is 0 Å². The lowest BCUT2D eigenvalue weighted by Gasteiger charge is -2.03. The van der Waals surface area contributed by atoms with Gasteiger partial charge in [0.1, 0.15) is 5.75 Å². The van der Waals surface area contributed by atoms with Gasteiger partial charge in [0, 0.05) is 5.33 Å². The quantitative estimate of drug-likeness (QED) is 0.303. The van der Waals surface area contributed by atoms with Crippen LogP contribution >= 0.6 is 15.9 Å². The Labute approximate surface area is 138 Å². The minimum atomic E-state index is 0.716. The molecule has 0 aliphatic heterocycles. The molecule has 0 saturated carbocycles. The zero-order valence-electron chi connectivity index (χ0n) is 13.3. The van der Waals surface area contributed by atoms with Crippen LogP contribution in [-0.2, 0) is 0 Å². The summed E-state index contributed by atoms with van der Waals surface area (Å²) in [5, 5.41) is 0.868. The smallest absolute Gasteiger partial charge is 0.119 e. The van der Waals surface area contributed by atoms with Crippen molar-refractivity contribution in [3.8, 4) is 5.75 Å². The number of unbranched alkanes of at least 4 members (excludes halogenated alkanes) is 7. The van der Waals surface area contributed by atoms with Gasteiger partial charge in [0.25, 0.3) is 0 Å². The fourth-order valence-corrected chi connectivity index (χ4v) is 2.43. The summed E-state index contributed by atoms with van der Waals surface area (Å²) < 4.78 is 5.54. The highest BCUT2D eigenvalue weighted by molar-refractivity contribution is 9.09. The number of allylic oxidation sites excluding steroid dienone is 1. The zero-order chi connectivity index (χ0) is 15.2. The first kappa shape index (κ1) is 18.3. The van der Waals surface area contributed by atoms with E-state index in [1.54, 1.807) is 0 Å². The lowest BCUT2D eigenvalue weighted by Crippen LogP contribution is -1.97. The van der Waals surface area contributed by atoms with E-state index in [4.69, 9.17) is 4.74 Å². The Balaban J connectivity index is 2.10. The van der Waals surface area contributed by atoms with Gasteiger partial charge in [0.2, 0.25) is 0 Å². The molecule has 0 unspecified atom stereocenters. The molecule has 1 nitrogen and oxygen atoms in total. The van der Waals surface area contributed by atoms with E-state index in [2.05, 4.69) is 47.1 Å². The fourth-order valence-electron chi connectivity index (χ4n) is 2.27. The SMILES string of the molecule is CCCCCCCCC/C=C\c1ccc(OCCBr)cc1. The maximum atomic E-state index is 5.54. The van der Waals surface area contributed by atoms with Gasteiger partial charge in [0.15, 0.2) is 0 Å².